The van der Waals surface area contributed by atoms with E-state index in [9.17, 15) is 13.5 Å². The lowest BCUT2D eigenvalue weighted by atomic mass is 9.87. The van der Waals surface area contributed by atoms with Gasteiger partial charge in [0.05, 0.1) is 11.0 Å². The number of hydrogen-bond donors (Lipinski definition) is 2. The van der Waals surface area contributed by atoms with Crippen LogP contribution in [0, 0.1) is 0 Å². The molecule has 5 nitrogen and oxygen atoms in total. The first kappa shape index (κ1) is 20.4. The molecule has 0 aromatic heterocycles. The molecule has 6 heteroatoms. The molecule has 26 heavy (non-hydrogen) atoms. The summed E-state index contributed by atoms with van der Waals surface area (Å²) in [6.07, 6.45) is -0.908. The molecule has 0 heterocycles. The second-order valence-corrected chi connectivity index (χ2v) is 9.39. The Morgan fingerprint density at radius 1 is 1.00 bits per heavy atom. The number of sulfonamides is 1. The predicted molar refractivity (Wildman–Crippen MR) is 106 cm³/mol. The fourth-order valence-corrected chi connectivity index (χ4v) is 3.56. The smallest absolute Gasteiger partial charge is 0.240 e. The number of nitrogens with one attached hydrogen (secondary N) is 1. The zero-order valence-electron chi connectivity index (χ0n) is 16.0. The van der Waals surface area contributed by atoms with Gasteiger partial charge in [0.15, 0.2) is 0 Å². The van der Waals surface area contributed by atoms with Gasteiger partial charge < -0.3 is 10.0 Å². The minimum Gasteiger partial charge on any atom is -0.387 e. The lowest BCUT2D eigenvalue weighted by Crippen LogP contribution is -2.28. The standard InChI is InChI=1S/C20H28N2O3S/c1-20(2,3)16-8-12-18(13-9-16)26(24,25)21-14-19(23)15-6-10-17(11-7-15)22(4)5/h6-13,19,21,23H,14H2,1-5H3. The Bertz CT molecular complexity index is 821. The lowest BCUT2D eigenvalue weighted by Gasteiger charge is -2.19. The first-order valence-electron chi connectivity index (χ1n) is 8.56. The molecule has 2 aromatic carbocycles. The molecule has 1 atom stereocenters. The Labute approximate surface area is 156 Å². The van der Waals surface area contributed by atoms with Crippen molar-refractivity contribution in [3.05, 3.63) is 59.7 Å². The van der Waals surface area contributed by atoms with E-state index in [0.29, 0.717) is 5.56 Å². The fraction of sp³-hybridized carbons (Fsp3) is 0.400. The van der Waals surface area contributed by atoms with Crippen LogP contribution in [0.2, 0.25) is 0 Å². The van der Waals surface area contributed by atoms with Gasteiger partial charge >= 0.3 is 0 Å². The largest absolute Gasteiger partial charge is 0.387 e. The summed E-state index contributed by atoms with van der Waals surface area (Å²) in [5.74, 6) is 0. The average molecular weight is 377 g/mol. The molecular formula is C20H28N2O3S. The van der Waals surface area contributed by atoms with Gasteiger partial charge in [0.25, 0.3) is 0 Å². The Morgan fingerprint density at radius 2 is 1.54 bits per heavy atom. The molecule has 0 bridgehead atoms. The van der Waals surface area contributed by atoms with Crippen molar-refractivity contribution >= 4 is 15.7 Å². The van der Waals surface area contributed by atoms with Crippen molar-refractivity contribution in [1.82, 2.24) is 4.72 Å². The molecule has 0 amide bonds. The second kappa shape index (κ2) is 7.78. The highest BCUT2D eigenvalue weighted by Gasteiger charge is 2.19. The molecule has 2 N–H and O–H groups in total. The van der Waals surface area contributed by atoms with Gasteiger partial charge in [0.1, 0.15) is 0 Å². The maximum atomic E-state index is 12.4. The van der Waals surface area contributed by atoms with E-state index in [-0.39, 0.29) is 16.9 Å². The van der Waals surface area contributed by atoms with Gasteiger partial charge in [-0.25, -0.2) is 13.1 Å². The number of hydrogen-bond acceptors (Lipinski definition) is 4. The molecule has 0 aliphatic carbocycles. The van der Waals surface area contributed by atoms with E-state index in [0.717, 1.165) is 11.3 Å². The van der Waals surface area contributed by atoms with Crippen molar-refractivity contribution in [2.45, 2.75) is 37.2 Å². The maximum absolute atomic E-state index is 12.4. The van der Waals surface area contributed by atoms with E-state index in [4.69, 9.17) is 0 Å². The number of benzene rings is 2. The van der Waals surface area contributed by atoms with Crippen molar-refractivity contribution in [1.29, 1.82) is 0 Å². The van der Waals surface area contributed by atoms with E-state index >= 15 is 0 Å². The molecule has 0 aliphatic rings. The SMILES string of the molecule is CN(C)c1ccc(C(O)CNS(=O)(=O)c2ccc(C(C)(C)C)cc2)cc1. The van der Waals surface area contributed by atoms with Crippen molar-refractivity contribution in [2.24, 2.45) is 0 Å². The highest BCUT2D eigenvalue weighted by Crippen LogP contribution is 2.23. The monoisotopic (exact) mass is 376 g/mol. The van der Waals surface area contributed by atoms with E-state index in [1.807, 2.05) is 43.3 Å². The van der Waals surface area contributed by atoms with Crippen LogP contribution in [0.4, 0.5) is 5.69 Å². The van der Waals surface area contributed by atoms with Crippen LogP contribution in [-0.2, 0) is 15.4 Å². The summed E-state index contributed by atoms with van der Waals surface area (Å²) in [5.41, 5.74) is 2.71. The van der Waals surface area contributed by atoms with Crippen LogP contribution in [0.25, 0.3) is 0 Å². The van der Waals surface area contributed by atoms with Gasteiger partial charge in [-0.2, -0.15) is 0 Å². The zero-order chi connectivity index (χ0) is 19.5. The molecule has 1 unspecified atom stereocenters. The maximum Gasteiger partial charge on any atom is 0.240 e. The summed E-state index contributed by atoms with van der Waals surface area (Å²) in [6.45, 7) is 6.15. The number of rotatable bonds is 6. The number of anilines is 1. The number of nitrogens with zero attached hydrogens (tertiary/aromatic N) is 1. The molecule has 0 aliphatic heterocycles. The van der Waals surface area contributed by atoms with Crippen LogP contribution in [0.3, 0.4) is 0 Å². The zero-order valence-corrected chi connectivity index (χ0v) is 16.8. The fourth-order valence-electron chi connectivity index (χ4n) is 2.52. The van der Waals surface area contributed by atoms with Gasteiger partial charge in [-0.15, -0.1) is 0 Å². The molecule has 0 spiro atoms. The van der Waals surface area contributed by atoms with E-state index < -0.39 is 16.1 Å². The first-order chi connectivity index (χ1) is 12.0. The lowest BCUT2D eigenvalue weighted by molar-refractivity contribution is 0.182. The second-order valence-electron chi connectivity index (χ2n) is 7.63. The first-order valence-corrected chi connectivity index (χ1v) is 10.0. The highest BCUT2D eigenvalue weighted by molar-refractivity contribution is 7.89. The molecular weight excluding hydrogens is 348 g/mol. The normalized spacial score (nSPS) is 13.5. The summed E-state index contributed by atoms with van der Waals surface area (Å²) in [6, 6.07) is 14.2. The van der Waals surface area contributed by atoms with Crippen molar-refractivity contribution in [3.63, 3.8) is 0 Å². The number of aliphatic hydroxyl groups excluding tert-OH is 1. The minimum absolute atomic E-state index is 0.0371. The summed E-state index contributed by atoms with van der Waals surface area (Å²) in [4.78, 5) is 2.15. The molecule has 142 valence electrons. The van der Waals surface area contributed by atoms with Crippen LogP contribution in [0.5, 0.6) is 0 Å². The van der Waals surface area contributed by atoms with Gasteiger partial charge in [-0.1, -0.05) is 45.0 Å². The number of aliphatic hydroxyl groups is 1. The van der Waals surface area contributed by atoms with Gasteiger partial charge in [-0.3, -0.25) is 0 Å². The third-order valence-electron chi connectivity index (χ3n) is 4.29. The van der Waals surface area contributed by atoms with Crippen molar-refractivity contribution in [3.8, 4) is 0 Å². The topological polar surface area (TPSA) is 69.6 Å². The predicted octanol–water partition coefficient (Wildman–Crippen LogP) is 3.06. The van der Waals surface area contributed by atoms with Gasteiger partial charge in [0, 0.05) is 26.3 Å². The van der Waals surface area contributed by atoms with Gasteiger partial charge in [-0.05, 0) is 40.8 Å². The summed E-state index contributed by atoms with van der Waals surface area (Å²) in [5, 5.41) is 10.3. The van der Waals surface area contributed by atoms with Crippen LogP contribution < -0.4 is 9.62 Å². The summed E-state index contributed by atoms with van der Waals surface area (Å²) < 4.78 is 27.4. The molecule has 0 radical (unpaired) electrons. The summed E-state index contributed by atoms with van der Waals surface area (Å²) >= 11 is 0. The molecule has 0 saturated heterocycles. The third kappa shape index (κ3) is 5.06. The van der Waals surface area contributed by atoms with Crippen LogP contribution >= 0.6 is 0 Å². The highest BCUT2D eigenvalue weighted by atomic mass is 32.2. The minimum atomic E-state index is -3.67. The average Bonchev–Trinajstić information content (AvgIpc) is 2.59. The Morgan fingerprint density at radius 3 is 2.00 bits per heavy atom. The molecule has 0 saturated carbocycles. The Kier molecular flexibility index (Phi) is 6.11. The molecule has 2 rings (SSSR count). The van der Waals surface area contributed by atoms with Crippen LogP contribution in [0.15, 0.2) is 53.4 Å². The van der Waals surface area contributed by atoms with Crippen LogP contribution in [0.1, 0.15) is 38.0 Å². The van der Waals surface area contributed by atoms with Gasteiger partial charge in [0.2, 0.25) is 10.0 Å². The third-order valence-corrected chi connectivity index (χ3v) is 5.73. The van der Waals surface area contributed by atoms with E-state index in [1.165, 1.54) is 0 Å². The Balaban J connectivity index is 2.05. The summed E-state index contributed by atoms with van der Waals surface area (Å²) in [7, 11) is 0.205. The van der Waals surface area contributed by atoms with E-state index in [2.05, 4.69) is 25.5 Å². The Hall–Kier alpha value is -1.89. The quantitative estimate of drug-likeness (QED) is 0.813. The van der Waals surface area contributed by atoms with Crippen molar-refractivity contribution < 1.29 is 13.5 Å². The molecule has 0 fully saturated rings. The molecule has 2 aromatic rings. The van der Waals surface area contributed by atoms with E-state index in [1.54, 1.807) is 24.3 Å². The van der Waals surface area contributed by atoms with Crippen LogP contribution in [-0.4, -0.2) is 34.2 Å². The van der Waals surface area contributed by atoms with Crippen molar-refractivity contribution in [2.75, 3.05) is 25.5 Å².